The lowest BCUT2D eigenvalue weighted by Gasteiger charge is -2.15. The van der Waals surface area contributed by atoms with Gasteiger partial charge in [-0.3, -0.25) is 9.59 Å². The molecule has 0 spiro atoms. The number of amides is 1. The number of carbonyl (C=O) groups excluding carboxylic acids is 1. The second-order valence-corrected chi connectivity index (χ2v) is 9.09. The van der Waals surface area contributed by atoms with Crippen molar-refractivity contribution in [1.29, 1.82) is 0 Å². The highest BCUT2D eigenvalue weighted by atomic mass is 32.2. The Morgan fingerprint density at radius 2 is 1.80 bits per heavy atom. The molecule has 1 N–H and O–H groups in total. The van der Waals surface area contributed by atoms with Gasteiger partial charge >= 0.3 is 0 Å². The summed E-state index contributed by atoms with van der Waals surface area (Å²) in [4.78, 5) is 25.7. The van der Waals surface area contributed by atoms with E-state index in [9.17, 15) is 22.4 Å². The molecule has 0 aliphatic carbocycles. The number of hydrogen-bond donors (Lipinski definition) is 1. The van der Waals surface area contributed by atoms with Crippen LogP contribution >= 0.6 is 0 Å². The van der Waals surface area contributed by atoms with Gasteiger partial charge in [-0.2, -0.15) is 0 Å². The van der Waals surface area contributed by atoms with Gasteiger partial charge < -0.3 is 9.88 Å². The van der Waals surface area contributed by atoms with Crippen LogP contribution in [-0.4, -0.2) is 37.3 Å². The molecule has 0 radical (unpaired) electrons. The van der Waals surface area contributed by atoms with E-state index in [2.05, 4.69) is 5.32 Å². The minimum Gasteiger partial charge on any atom is -0.348 e. The summed E-state index contributed by atoms with van der Waals surface area (Å²) in [5.41, 5.74) is 0.573. The van der Waals surface area contributed by atoms with Crippen LogP contribution in [-0.2, 0) is 23.1 Å². The number of halogens is 1. The van der Waals surface area contributed by atoms with E-state index in [-0.39, 0.29) is 28.2 Å². The molecule has 0 bridgehead atoms. The molecule has 0 fully saturated rings. The van der Waals surface area contributed by atoms with E-state index in [4.69, 9.17) is 0 Å². The Labute approximate surface area is 173 Å². The lowest BCUT2D eigenvalue weighted by atomic mass is 10.1. The van der Waals surface area contributed by atoms with Crippen molar-refractivity contribution >= 4 is 26.8 Å². The summed E-state index contributed by atoms with van der Waals surface area (Å²) < 4.78 is 40.7. The monoisotopic (exact) mass is 431 g/mol. The van der Waals surface area contributed by atoms with Crippen LogP contribution in [0, 0.1) is 5.82 Å². The zero-order valence-corrected chi connectivity index (χ0v) is 17.7. The van der Waals surface area contributed by atoms with Crippen molar-refractivity contribution in [2.75, 3.05) is 14.1 Å². The molecule has 0 saturated heterocycles. The maximum Gasteiger partial charge on any atom is 0.257 e. The van der Waals surface area contributed by atoms with Crippen LogP contribution in [0.2, 0.25) is 0 Å². The smallest absolute Gasteiger partial charge is 0.257 e. The highest BCUT2D eigenvalue weighted by molar-refractivity contribution is 7.89. The lowest BCUT2D eigenvalue weighted by molar-refractivity contribution is 0.0949. The normalized spacial score (nSPS) is 11.8. The first kappa shape index (κ1) is 21.7. The van der Waals surface area contributed by atoms with Crippen molar-refractivity contribution in [3.05, 3.63) is 75.8 Å². The van der Waals surface area contributed by atoms with Crippen LogP contribution in [0.25, 0.3) is 10.9 Å². The third-order valence-electron chi connectivity index (χ3n) is 4.78. The van der Waals surface area contributed by atoms with Gasteiger partial charge in [0.05, 0.1) is 10.4 Å². The van der Waals surface area contributed by atoms with Gasteiger partial charge in [0.2, 0.25) is 15.5 Å². The van der Waals surface area contributed by atoms with E-state index in [1.54, 1.807) is 22.8 Å². The first-order valence-corrected chi connectivity index (χ1v) is 10.7. The standard InChI is InChI=1S/C21H22FN3O4S/c1-4-25-13-18(21(27)23-12-14-5-7-15(22)8-6-14)20(26)17-11-16(9-10-19(17)25)30(28,29)24(2)3/h5-11,13H,4,12H2,1-3H3,(H,23,27). The number of carbonyl (C=O) groups is 1. The topological polar surface area (TPSA) is 88.5 Å². The third kappa shape index (κ3) is 4.12. The molecular weight excluding hydrogens is 409 g/mol. The van der Waals surface area contributed by atoms with Crippen molar-refractivity contribution < 1.29 is 17.6 Å². The Morgan fingerprint density at radius 3 is 2.40 bits per heavy atom. The third-order valence-corrected chi connectivity index (χ3v) is 6.59. The highest BCUT2D eigenvalue weighted by Gasteiger charge is 2.21. The fourth-order valence-corrected chi connectivity index (χ4v) is 3.98. The van der Waals surface area contributed by atoms with Gasteiger partial charge in [0.15, 0.2) is 0 Å². The molecule has 1 aromatic heterocycles. The second-order valence-electron chi connectivity index (χ2n) is 6.93. The fourth-order valence-electron chi connectivity index (χ4n) is 3.05. The number of fused-ring (bicyclic) bond motifs is 1. The molecule has 1 amide bonds. The molecule has 0 saturated carbocycles. The first-order chi connectivity index (χ1) is 14.1. The quantitative estimate of drug-likeness (QED) is 0.649. The lowest BCUT2D eigenvalue weighted by Crippen LogP contribution is -2.29. The average molecular weight is 431 g/mol. The summed E-state index contributed by atoms with van der Waals surface area (Å²) in [6.07, 6.45) is 1.46. The largest absolute Gasteiger partial charge is 0.348 e. The van der Waals surface area contributed by atoms with Crippen molar-refractivity contribution in [1.82, 2.24) is 14.2 Å². The summed E-state index contributed by atoms with van der Waals surface area (Å²) in [7, 11) is -0.922. The van der Waals surface area contributed by atoms with E-state index in [0.29, 0.717) is 17.6 Å². The first-order valence-electron chi connectivity index (χ1n) is 9.27. The summed E-state index contributed by atoms with van der Waals surface area (Å²) in [6.45, 7) is 2.46. The fraction of sp³-hybridized carbons (Fsp3) is 0.238. The Hall–Kier alpha value is -3.04. The summed E-state index contributed by atoms with van der Waals surface area (Å²) in [5.74, 6) is -0.969. The van der Waals surface area contributed by atoms with Gasteiger partial charge in [0.1, 0.15) is 11.4 Å². The van der Waals surface area contributed by atoms with Crippen LogP contribution in [0.3, 0.4) is 0 Å². The van der Waals surface area contributed by atoms with Gasteiger partial charge in [0.25, 0.3) is 5.91 Å². The van der Waals surface area contributed by atoms with Crippen LogP contribution in [0.4, 0.5) is 4.39 Å². The van der Waals surface area contributed by atoms with Crippen LogP contribution in [0.15, 0.2) is 58.4 Å². The number of rotatable bonds is 6. The second kappa shape index (κ2) is 8.37. The van der Waals surface area contributed by atoms with E-state index in [1.165, 1.54) is 44.6 Å². The molecule has 0 aliphatic heterocycles. The SMILES string of the molecule is CCn1cc(C(=O)NCc2ccc(F)cc2)c(=O)c2cc(S(=O)(=O)N(C)C)ccc21. The number of sulfonamides is 1. The van der Waals surface area contributed by atoms with E-state index >= 15 is 0 Å². The molecular formula is C21H22FN3O4S. The molecule has 7 nitrogen and oxygen atoms in total. The summed E-state index contributed by atoms with van der Waals surface area (Å²) in [5, 5.41) is 2.80. The van der Waals surface area contributed by atoms with Gasteiger partial charge in [-0.1, -0.05) is 12.1 Å². The zero-order chi connectivity index (χ0) is 22.1. The van der Waals surface area contributed by atoms with Gasteiger partial charge in [-0.15, -0.1) is 0 Å². The van der Waals surface area contributed by atoms with Gasteiger partial charge in [-0.05, 0) is 42.8 Å². The minimum absolute atomic E-state index is 0.0244. The predicted octanol–water partition coefficient (Wildman–Crippen LogP) is 2.34. The Balaban J connectivity index is 2.04. The van der Waals surface area contributed by atoms with Gasteiger partial charge in [-0.25, -0.2) is 17.1 Å². The maximum absolute atomic E-state index is 13.0. The van der Waals surface area contributed by atoms with Crippen molar-refractivity contribution in [2.24, 2.45) is 0 Å². The van der Waals surface area contributed by atoms with Crippen molar-refractivity contribution in [3.63, 3.8) is 0 Å². The summed E-state index contributed by atoms with van der Waals surface area (Å²) in [6, 6.07) is 9.96. The Bertz CT molecular complexity index is 1270. The number of nitrogens with one attached hydrogen (secondary N) is 1. The molecule has 0 unspecified atom stereocenters. The molecule has 158 valence electrons. The van der Waals surface area contributed by atoms with Crippen molar-refractivity contribution in [2.45, 2.75) is 24.9 Å². The molecule has 9 heteroatoms. The molecule has 30 heavy (non-hydrogen) atoms. The Kier molecular flexibility index (Phi) is 6.04. The van der Waals surface area contributed by atoms with E-state index < -0.39 is 21.4 Å². The number of benzene rings is 2. The van der Waals surface area contributed by atoms with E-state index in [0.717, 1.165) is 4.31 Å². The number of hydrogen-bond acceptors (Lipinski definition) is 4. The average Bonchev–Trinajstić information content (AvgIpc) is 2.73. The van der Waals surface area contributed by atoms with Crippen molar-refractivity contribution in [3.8, 4) is 0 Å². The zero-order valence-electron chi connectivity index (χ0n) is 16.8. The molecule has 2 aromatic carbocycles. The van der Waals surface area contributed by atoms with E-state index in [1.807, 2.05) is 6.92 Å². The minimum atomic E-state index is -3.73. The molecule has 0 atom stereocenters. The number of pyridine rings is 1. The molecule has 3 rings (SSSR count). The molecule has 3 aromatic rings. The predicted molar refractivity (Wildman–Crippen MR) is 112 cm³/mol. The van der Waals surface area contributed by atoms with Crippen LogP contribution < -0.4 is 10.7 Å². The summed E-state index contributed by atoms with van der Waals surface area (Å²) >= 11 is 0. The maximum atomic E-state index is 13.0. The number of nitrogens with zero attached hydrogens (tertiary/aromatic N) is 2. The number of aryl methyl sites for hydroxylation is 1. The molecule has 1 heterocycles. The van der Waals surface area contributed by atoms with Gasteiger partial charge in [0, 0.05) is 38.8 Å². The highest BCUT2D eigenvalue weighted by Crippen LogP contribution is 2.20. The van der Waals surface area contributed by atoms with Crippen LogP contribution in [0.1, 0.15) is 22.8 Å². The molecule has 0 aliphatic rings. The number of aromatic nitrogens is 1. The van der Waals surface area contributed by atoms with Crippen LogP contribution in [0.5, 0.6) is 0 Å². The Morgan fingerprint density at radius 1 is 1.13 bits per heavy atom.